The Bertz CT molecular complexity index is 405. The minimum absolute atomic E-state index is 0.202. The van der Waals surface area contributed by atoms with Crippen molar-refractivity contribution in [3.8, 4) is 0 Å². The number of rotatable bonds is 3. The van der Waals surface area contributed by atoms with Crippen molar-refractivity contribution in [2.75, 3.05) is 5.75 Å². The van der Waals surface area contributed by atoms with Gasteiger partial charge in [0.2, 0.25) is 0 Å². The molecular weight excluding hydrogens is 246 g/mol. The van der Waals surface area contributed by atoms with E-state index < -0.39 is 23.4 Å². The van der Waals surface area contributed by atoms with Gasteiger partial charge in [-0.25, -0.2) is 4.39 Å². The number of alkyl halides is 3. The summed E-state index contributed by atoms with van der Waals surface area (Å²) in [5, 5.41) is 2.40. The molecule has 0 saturated carbocycles. The number of aryl methyl sites for hydroxylation is 1. The summed E-state index contributed by atoms with van der Waals surface area (Å²) in [6, 6.07) is 2.02. The van der Waals surface area contributed by atoms with Gasteiger partial charge < -0.3 is 0 Å². The van der Waals surface area contributed by atoms with Crippen molar-refractivity contribution in [1.82, 2.24) is 0 Å². The highest BCUT2D eigenvalue weighted by Crippen LogP contribution is 2.33. The van der Waals surface area contributed by atoms with Gasteiger partial charge in [-0.15, -0.1) is 16.7 Å². The Morgan fingerprint density at radius 2 is 2.00 bits per heavy atom. The molecule has 0 N–H and O–H groups in total. The SMILES string of the molecule is Cc1cc(F)c(N=O)cc1SCC(F)(F)F. The Labute approximate surface area is 93.0 Å². The predicted molar refractivity (Wildman–Crippen MR) is 53.4 cm³/mol. The fourth-order valence-electron chi connectivity index (χ4n) is 1.03. The Kier molecular flexibility index (Phi) is 3.90. The average Bonchev–Trinajstić information content (AvgIpc) is 2.15. The monoisotopic (exact) mass is 253 g/mol. The molecule has 0 amide bonds. The van der Waals surface area contributed by atoms with E-state index in [0.29, 0.717) is 17.3 Å². The summed E-state index contributed by atoms with van der Waals surface area (Å²) in [6.07, 6.45) is -4.31. The van der Waals surface area contributed by atoms with E-state index in [4.69, 9.17) is 0 Å². The van der Waals surface area contributed by atoms with Crippen molar-refractivity contribution in [3.05, 3.63) is 28.4 Å². The third-order valence-electron chi connectivity index (χ3n) is 1.73. The number of benzene rings is 1. The van der Waals surface area contributed by atoms with Crippen LogP contribution in [0.5, 0.6) is 0 Å². The van der Waals surface area contributed by atoms with Gasteiger partial charge in [-0.3, -0.25) is 0 Å². The van der Waals surface area contributed by atoms with Crippen LogP contribution in [0.4, 0.5) is 23.2 Å². The fraction of sp³-hybridized carbons (Fsp3) is 0.333. The second kappa shape index (κ2) is 4.82. The third-order valence-corrected chi connectivity index (χ3v) is 2.96. The number of hydrogen-bond donors (Lipinski definition) is 0. The van der Waals surface area contributed by atoms with E-state index in [1.54, 1.807) is 0 Å². The zero-order valence-electron chi connectivity index (χ0n) is 8.14. The first-order valence-electron chi connectivity index (χ1n) is 4.16. The van der Waals surface area contributed by atoms with E-state index in [2.05, 4.69) is 5.18 Å². The molecule has 0 fully saturated rings. The molecule has 0 bridgehead atoms. The number of halogens is 4. The molecule has 88 valence electrons. The Balaban J connectivity index is 2.92. The van der Waals surface area contributed by atoms with E-state index in [1.807, 2.05) is 0 Å². The number of nitrogens with zero attached hydrogens (tertiary/aromatic N) is 1. The molecule has 16 heavy (non-hydrogen) atoms. The molecule has 0 atom stereocenters. The van der Waals surface area contributed by atoms with E-state index in [1.165, 1.54) is 6.92 Å². The third kappa shape index (κ3) is 3.48. The molecule has 0 unspecified atom stereocenters. The first kappa shape index (κ1) is 13.0. The van der Waals surface area contributed by atoms with Crippen LogP contribution in [0.25, 0.3) is 0 Å². The van der Waals surface area contributed by atoms with Gasteiger partial charge in [-0.05, 0) is 29.8 Å². The minimum Gasteiger partial charge on any atom is -0.204 e. The zero-order valence-corrected chi connectivity index (χ0v) is 8.95. The normalized spacial score (nSPS) is 11.6. The van der Waals surface area contributed by atoms with Crippen LogP contribution in [0.1, 0.15) is 5.56 Å². The first-order valence-corrected chi connectivity index (χ1v) is 5.15. The average molecular weight is 253 g/mol. The highest BCUT2D eigenvalue weighted by atomic mass is 32.2. The molecule has 0 saturated heterocycles. The molecular formula is C9H7F4NOS. The Morgan fingerprint density at radius 1 is 1.38 bits per heavy atom. The lowest BCUT2D eigenvalue weighted by Gasteiger charge is -2.08. The van der Waals surface area contributed by atoms with Crippen molar-refractivity contribution in [1.29, 1.82) is 0 Å². The maximum Gasteiger partial charge on any atom is 0.398 e. The highest BCUT2D eigenvalue weighted by Gasteiger charge is 2.27. The molecule has 0 spiro atoms. The number of hydrogen-bond acceptors (Lipinski definition) is 3. The van der Waals surface area contributed by atoms with Crippen LogP contribution in [-0.2, 0) is 0 Å². The van der Waals surface area contributed by atoms with Gasteiger partial charge in [-0.2, -0.15) is 13.2 Å². The molecule has 0 heterocycles. The van der Waals surface area contributed by atoms with E-state index in [-0.39, 0.29) is 4.90 Å². The highest BCUT2D eigenvalue weighted by molar-refractivity contribution is 7.99. The lowest BCUT2D eigenvalue weighted by molar-refractivity contribution is -0.105. The maximum absolute atomic E-state index is 13.0. The van der Waals surface area contributed by atoms with Crippen LogP contribution >= 0.6 is 11.8 Å². The van der Waals surface area contributed by atoms with Crippen LogP contribution in [0, 0.1) is 17.6 Å². The molecule has 0 aromatic heterocycles. The van der Waals surface area contributed by atoms with Gasteiger partial charge in [-0.1, -0.05) is 0 Å². The van der Waals surface area contributed by atoms with Crippen LogP contribution in [0.15, 0.2) is 22.2 Å². The van der Waals surface area contributed by atoms with Crippen LogP contribution in [0.2, 0.25) is 0 Å². The molecule has 1 aromatic rings. The summed E-state index contributed by atoms with van der Waals surface area (Å²) in [5.41, 5.74) is -0.130. The molecule has 1 rings (SSSR count). The van der Waals surface area contributed by atoms with Crippen LogP contribution < -0.4 is 0 Å². The summed E-state index contributed by atoms with van der Waals surface area (Å²) in [5.74, 6) is -1.92. The fourth-order valence-corrected chi connectivity index (χ4v) is 1.83. The molecule has 1 aromatic carbocycles. The lowest BCUT2D eigenvalue weighted by atomic mass is 10.2. The lowest BCUT2D eigenvalue weighted by Crippen LogP contribution is -2.10. The maximum atomic E-state index is 13.0. The van der Waals surface area contributed by atoms with Gasteiger partial charge in [0.05, 0.1) is 5.75 Å². The predicted octanol–water partition coefficient (Wildman–Crippen LogP) is 4.19. The molecule has 0 radical (unpaired) electrons. The molecule has 7 heteroatoms. The van der Waals surface area contributed by atoms with Crippen LogP contribution in [0.3, 0.4) is 0 Å². The largest absolute Gasteiger partial charge is 0.398 e. The second-order valence-electron chi connectivity index (χ2n) is 3.06. The standard InChI is InChI=1S/C9H7F4NOS/c1-5-2-6(10)7(14-15)3-8(5)16-4-9(11,12)13/h2-3H,4H2,1H3. The van der Waals surface area contributed by atoms with Gasteiger partial charge in [0.1, 0.15) is 5.69 Å². The van der Waals surface area contributed by atoms with Crippen molar-refractivity contribution < 1.29 is 17.6 Å². The van der Waals surface area contributed by atoms with Gasteiger partial charge in [0.15, 0.2) is 5.82 Å². The summed E-state index contributed by atoms with van der Waals surface area (Å²) >= 11 is 0.502. The molecule has 0 aliphatic rings. The van der Waals surface area contributed by atoms with E-state index in [0.717, 1.165) is 12.1 Å². The molecule has 2 nitrogen and oxygen atoms in total. The zero-order chi connectivity index (χ0) is 12.3. The van der Waals surface area contributed by atoms with Gasteiger partial charge >= 0.3 is 6.18 Å². The van der Waals surface area contributed by atoms with E-state index >= 15 is 0 Å². The Hall–Kier alpha value is -1.11. The summed E-state index contributed by atoms with van der Waals surface area (Å²) in [4.78, 5) is 10.4. The smallest absolute Gasteiger partial charge is 0.204 e. The van der Waals surface area contributed by atoms with Crippen molar-refractivity contribution in [2.45, 2.75) is 18.0 Å². The summed E-state index contributed by atoms with van der Waals surface area (Å²) in [7, 11) is 0. The first-order chi connectivity index (χ1) is 7.33. The Morgan fingerprint density at radius 3 is 2.50 bits per heavy atom. The number of thioether (sulfide) groups is 1. The second-order valence-corrected chi connectivity index (χ2v) is 4.08. The van der Waals surface area contributed by atoms with Crippen molar-refractivity contribution in [2.24, 2.45) is 5.18 Å². The molecule has 0 aliphatic carbocycles. The molecule has 0 aliphatic heterocycles. The quantitative estimate of drug-likeness (QED) is 0.459. The summed E-state index contributed by atoms with van der Waals surface area (Å²) in [6.45, 7) is 1.47. The number of nitroso groups, excluding NO2 is 1. The van der Waals surface area contributed by atoms with Crippen molar-refractivity contribution in [3.63, 3.8) is 0 Å². The van der Waals surface area contributed by atoms with Crippen molar-refractivity contribution >= 4 is 17.4 Å². The van der Waals surface area contributed by atoms with Gasteiger partial charge in [0.25, 0.3) is 0 Å². The topological polar surface area (TPSA) is 29.4 Å². The summed E-state index contributed by atoms with van der Waals surface area (Å²) < 4.78 is 48.8. The minimum atomic E-state index is -4.31. The van der Waals surface area contributed by atoms with Crippen LogP contribution in [-0.4, -0.2) is 11.9 Å². The van der Waals surface area contributed by atoms with Gasteiger partial charge in [0, 0.05) is 4.90 Å². The van der Waals surface area contributed by atoms with E-state index in [9.17, 15) is 22.5 Å².